The van der Waals surface area contributed by atoms with Crippen LogP contribution in [0.3, 0.4) is 0 Å². The topological polar surface area (TPSA) is 35.5 Å². The van der Waals surface area contributed by atoms with E-state index >= 15 is 0 Å². The molecule has 0 N–H and O–H groups in total. The predicted molar refractivity (Wildman–Crippen MR) is 59.0 cm³/mol. The molecule has 0 bridgehead atoms. The van der Waals surface area contributed by atoms with E-state index in [2.05, 4.69) is 13.8 Å². The van der Waals surface area contributed by atoms with Crippen LogP contribution in [-0.4, -0.2) is 20.5 Å². The second-order valence-electron chi connectivity index (χ2n) is 3.61. The largest absolute Gasteiger partial charge is 0.496 e. The van der Waals surface area contributed by atoms with Crippen molar-refractivity contribution in [2.24, 2.45) is 0 Å². The quantitative estimate of drug-likeness (QED) is 0.713. The molecule has 0 amide bonds. The van der Waals surface area contributed by atoms with Crippen LogP contribution in [0.25, 0.3) is 0 Å². The molecule has 0 saturated heterocycles. The number of rotatable bonds is 4. The Hall–Kier alpha value is -1.51. The van der Waals surface area contributed by atoms with Gasteiger partial charge in [0.1, 0.15) is 11.5 Å². The molecule has 0 saturated carbocycles. The van der Waals surface area contributed by atoms with Gasteiger partial charge in [-0.05, 0) is 17.5 Å². The molecule has 15 heavy (non-hydrogen) atoms. The highest BCUT2D eigenvalue weighted by atomic mass is 16.5. The minimum Gasteiger partial charge on any atom is -0.496 e. The number of hydrogen-bond donors (Lipinski definition) is 0. The van der Waals surface area contributed by atoms with E-state index in [1.807, 2.05) is 6.07 Å². The first-order valence-electron chi connectivity index (χ1n) is 4.85. The Balaban J connectivity index is 3.33. The van der Waals surface area contributed by atoms with Crippen LogP contribution in [0.15, 0.2) is 12.1 Å². The third-order valence-corrected chi connectivity index (χ3v) is 2.33. The molecule has 3 nitrogen and oxygen atoms in total. The Labute approximate surface area is 90.0 Å². The van der Waals surface area contributed by atoms with Gasteiger partial charge in [-0.2, -0.15) is 0 Å². The van der Waals surface area contributed by atoms with Gasteiger partial charge in [-0.1, -0.05) is 13.8 Å². The third kappa shape index (κ3) is 2.29. The molecule has 0 aliphatic heterocycles. The van der Waals surface area contributed by atoms with E-state index in [9.17, 15) is 4.79 Å². The molecule has 1 rings (SSSR count). The summed E-state index contributed by atoms with van der Waals surface area (Å²) in [6, 6.07) is 3.56. The molecule has 0 unspecified atom stereocenters. The molecule has 3 heteroatoms. The van der Waals surface area contributed by atoms with Gasteiger partial charge in [-0.25, -0.2) is 0 Å². The first kappa shape index (κ1) is 11.6. The van der Waals surface area contributed by atoms with Gasteiger partial charge < -0.3 is 9.47 Å². The maximum Gasteiger partial charge on any atom is 0.153 e. The molecule has 0 spiro atoms. The number of benzene rings is 1. The van der Waals surface area contributed by atoms with Crippen molar-refractivity contribution in [1.82, 2.24) is 0 Å². The number of carbonyl (C=O) groups is 1. The number of aldehydes is 1. The normalized spacial score (nSPS) is 10.2. The van der Waals surface area contributed by atoms with Crippen LogP contribution in [0.2, 0.25) is 0 Å². The SMILES string of the molecule is COc1cc(OC)c(C(C)C)cc1C=O. The standard InChI is InChI=1S/C12H16O3/c1-8(2)10-5-9(7-13)11(14-3)6-12(10)15-4/h5-8H,1-4H3. The van der Waals surface area contributed by atoms with Crippen molar-refractivity contribution in [3.05, 3.63) is 23.3 Å². The maximum absolute atomic E-state index is 10.8. The van der Waals surface area contributed by atoms with Gasteiger partial charge in [0.15, 0.2) is 6.29 Å². The van der Waals surface area contributed by atoms with Gasteiger partial charge in [0.25, 0.3) is 0 Å². The molecule has 0 fully saturated rings. The Bertz CT molecular complexity index is 356. The zero-order valence-corrected chi connectivity index (χ0v) is 9.53. The summed E-state index contributed by atoms with van der Waals surface area (Å²) in [4.78, 5) is 10.8. The van der Waals surface area contributed by atoms with Crippen molar-refractivity contribution in [2.75, 3.05) is 14.2 Å². The first-order valence-corrected chi connectivity index (χ1v) is 4.85. The van der Waals surface area contributed by atoms with Crippen molar-refractivity contribution in [2.45, 2.75) is 19.8 Å². The molecule has 0 heterocycles. The molecular formula is C12H16O3. The molecule has 0 aliphatic carbocycles. The summed E-state index contributed by atoms with van der Waals surface area (Å²) in [5.74, 6) is 1.61. The second kappa shape index (κ2) is 4.82. The van der Waals surface area contributed by atoms with Crippen LogP contribution in [0.1, 0.15) is 35.7 Å². The molecule has 1 aromatic carbocycles. The van der Waals surface area contributed by atoms with Crippen molar-refractivity contribution in [1.29, 1.82) is 0 Å². The predicted octanol–water partition coefficient (Wildman–Crippen LogP) is 2.64. The third-order valence-electron chi connectivity index (χ3n) is 2.33. The van der Waals surface area contributed by atoms with E-state index in [-0.39, 0.29) is 0 Å². The Morgan fingerprint density at radius 3 is 2.13 bits per heavy atom. The lowest BCUT2D eigenvalue weighted by Gasteiger charge is -2.14. The molecule has 0 aliphatic rings. The van der Waals surface area contributed by atoms with E-state index < -0.39 is 0 Å². The van der Waals surface area contributed by atoms with E-state index in [0.29, 0.717) is 17.2 Å². The van der Waals surface area contributed by atoms with Gasteiger partial charge in [0.05, 0.1) is 19.8 Å². The molecule has 0 radical (unpaired) electrons. The van der Waals surface area contributed by atoms with Gasteiger partial charge in [-0.3, -0.25) is 4.79 Å². The fourth-order valence-corrected chi connectivity index (χ4v) is 1.49. The summed E-state index contributed by atoms with van der Waals surface area (Å²) < 4.78 is 10.4. The average Bonchev–Trinajstić information content (AvgIpc) is 2.26. The highest BCUT2D eigenvalue weighted by Crippen LogP contribution is 2.32. The van der Waals surface area contributed by atoms with Gasteiger partial charge >= 0.3 is 0 Å². The summed E-state index contributed by atoms with van der Waals surface area (Å²) in [6.45, 7) is 4.11. The lowest BCUT2D eigenvalue weighted by Crippen LogP contribution is -1.99. The van der Waals surface area contributed by atoms with Crippen molar-refractivity contribution >= 4 is 6.29 Å². The summed E-state index contributed by atoms with van der Waals surface area (Å²) >= 11 is 0. The molecule has 0 aromatic heterocycles. The fourth-order valence-electron chi connectivity index (χ4n) is 1.49. The van der Waals surface area contributed by atoms with Gasteiger partial charge in [0.2, 0.25) is 0 Å². The lowest BCUT2D eigenvalue weighted by atomic mass is 9.99. The number of hydrogen-bond acceptors (Lipinski definition) is 3. The van der Waals surface area contributed by atoms with Crippen LogP contribution in [0.4, 0.5) is 0 Å². The number of carbonyl (C=O) groups excluding carboxylic acids is 1. The number of ether oxygens (including phenoxy) is 2. The van der Waals surface area contributed by atoms with E-state index in [4.69, 9.17) is 9.47 Å². The van der Waals surface area contributed by atoms with E-state index in [0.717, 1.165) is 17.6 Å². The number of methoxy groups -OCH3 is 2. The minimum absolute atomic E-state index is 0.310. The monoisotopic (exact) mass is 208 g/mol. The Morgan fingerprint density at radius 1 is 1.13 bits per heavy atom. The highest BCUT2D eigenvalue weighted by molar-refractivity contribution is 5.80. The second-order valence-corrected chi connectivity index (χ2v) is 3.61. The van der Waals surface area contributed by atoms with Crippen LogP contribution >= 0.6 is 0 Å². The lowest BCUT2D eigenvalue weighted by molar-refractivity contribution is 0.112. The van der Waals surface area contributed by atoms with Crippen LogP contribution < -0.4 is 9.47 Å². The maximum atomic E-state index is 10.8. The van der Waals surface area contributed by atoms with Crippen molar-refractivity contribution in [3.8, 4) is 11.5 Å². The van der Waals surface area contributed by atoms with Crippen LogP contribution in [-0.2, 0) is 0 Å². The van der Waals surface area contributed by atoms with Gasteiger partial charge in [-0.15, -0.1) is 0 Å². The zero-order chi connectivity index (χ0) is 11.4. The summed E-state index contributed by atoms with van der Waals surface area (Å²) in [6.07, 6.45) is 0.796. The summed E-state index contributed by atoms with van der Waals surface area (Å²) in [7, 11) is 3.15. The van der Waals surface area contributed by atoms with Crippen LogP contribution in [0, 0.1) is 0 Å². The molecule has 82 valence electrons. The Kier molecular flexibility index (Phi) is 3.72. The van der Waals surface area contributed by atoms with E-state index in [1.165, 1.54) is 7.11 Å². The zero-order valence-electron chi connectivity index (χ0n) is 9.53. The van der Waals surface area contributed by atoms with Gasteiger partial charge in [0, 0.05) is 6.07 Å². The van der Waals surface area contributed by atoms with Crippen molar-refractivity contribution < 1.29 is 14.3 Å². The molecular weight excluding hydrogens is 192 g/mol. The van der Waals surface area contributed by atoms with Crippen LogP contribution in [0.5, 0.6) is 11.5 Å². The minimum atomic E-state index is 0.310. The molecule has 0 atom stereocenters. The first-order chi connectivity index (χ1) is 7.13. The van der Waals surface area contributed by atoms with E-state index in [1.54, 1.807) is 13.2 Å². The highest BCUT2D eigenvalue weighted by Gasteiger charge is 2.12. The Morgan fingerprint density at radius 2 is 1.73 bits per heavy atom. The molecule has 1 aromatic rings. The van der Waals surface area contributed by atoms with Crippen molar-refractivity contribution in [3.63, 3.8) is 0 Å². The summed E-state index contributed by atoms with van der Waals surface area (Å²) in [5, 5.41) is 0. The summed E-state index contributed by atoms with van der Waals surface area (Å²) in [5.41, 5.74) is 1.57. The average molecular weight is 208 g/mol. The fraction of sp³-hybridized carbons (Fsp3) is 0.417. The smallest absolute Gasteiger partial charge is 0.153 e.